The van der Waals surface area contributed by atoms with Crippen molar-refractivity contribution < 1.29 is 18.0 Å². The van der Waals surface area contributed by atoms with Gasteiger partial charge in [-0.2, -0.15) is 0 Å². The number of halogens is 2. The van der Waals surface area contributed by atoms with Crippen LogP contribution in [0.25, 0.3) is 0 Å². The van der Waals surface area contributed by atoms with Crippen LogP contribution in [0, 0.1) is 22.5 Å². The monoisotopic (exact) mass is 398 g/mol. The molecule has 148 valence electrons. The van der Waals surface area contributed by atoms with E-state index in [0.717, 1.165) is 12.5 Å². The molecular formula is C19H16F2N6O2. The number of oxazole rings is 1. The van der Waals surface area contributed by atoms with Crippen LogP contribution < -0.4 is 16.4 Å². The van der Waals surface area contributed by atoms with Crippen LogP contribution in [-0.4, -0.2) is 29.9 Å². The minimum absolute atomic E-state index is 0.0439. The third-order valence-corrected chi connectivity index (χ3v) is 4.17. The number of carbonyl (C=O) groups excluding carboxylic acids is 1. The van der Waals surface area contributed by atoms with Crippen LogP contribution >= 0.6 is 0 Å². The van der Waals surface area contributed by atoms with E-state index >= 15 is 0 Å². The standard InChI is InChI=1S/C19H16F2N6O2/c1-25-14-5-12(20)16(17(21)11(14)6-22)19(28)27-9-2-3-13(23)10(4-9)18(24)15-7-29-8-26-15/h2-8,22,24-25H,23H2,1H3,(H,27,28). The van der Waals surface area contributed by atoms with Gasteiger partial charge >= 0.3 is 0 Å². The lowest BCUT2D eigenvalue weighted by Crippen LogP contribution is -2.18. The molecule has 0 atom stereocenters. The van der Waals surface area contributed by atoms with E-state index < -0.39 is 23.1 Å². The number of nitrogens with zero attached hydrogens (tertiary/aromatic N) is 1. The van der Waals surface area contributed by atoms with Crippen LogP contribution in [0.1, 0.15) is 27.2 Å². The molecule has 1 heterocycles. The van der Waals surface area contributed by atoms with Crippen molar-refractivity contribution in [3.8, 4) is 0 Å². The Morgan fingerprint density at radius 1 is 1.31 bits per heavy atom. The number of nitrogens with two attached hydrogens (primary N) is 1. The predicted molar refractivity (Wildman–Crippen MR) is 105 cm³/mol. The molecule has 3 aromatic rings. The molecule has 0 saturated carbocycles. The van der Waals surface area contributed by atoms with Gasteiger partial charge in [0.2, 0.25) is 0 Å². The molecule has 0 unspecified atom stereocenters. The molecule has 0 spiro atoms. The SMILES string of the molecule is CNc1cc(F)c(C(=O)Nc2ccc(N)c(C(=N)c3cocn3)c2)c(F)c1C=N. The summed E-state index contributed by atoms with van der Waals surface area (Å²) in [6.07, 6.45) is 3.12. The molecule has 0 aliphatic rings. The van der Waals surface area contributed by atoms with Crippen molar-refractivity contribution in [2.75, 3.05) is 23.4 Å². The average molecular weight is 398 g/mol. The number of anilines is 3. The third kappa shape index (κ3) is 3.68. The first kappa shape index (κ1) is 19.7. The van der Waals surface area contributed by atoms with E-state index in [1.54, 1.807) is 0 Å². The van der Waals surface area contributed by atoms with Crippen molar-refractivity contribution in [3.05, 3.63) is 70.9 Å². The fraction of sp³-hybridized carbons (Fsp3) is 0.0526. The molecule has 0 fully saturated rings. The maximum atomic E-state index is 14.6. The molecule has 2 aromatic carbocycles. The number of rotatable bonds is 6. The van der Waals surface area contributed by atoms with Crippen LogP contribution in [0.2, 0.25) is 0 Å². The molecule has 0 aliphatic heterocycles. The van der Waals surface area contributed by atoms with E-state index in [1.807, 2.05) is 0 Å². The zero-order valence-electron chi connectivity index (χ0n) is 15.1. The second kappa shape index (κ2) is 7.89. The molecule has 0 radical (unpaired) electrons. The van der Waals surface area contributed by atoms with E-state index in [4.69, 9.17) is 21.0 Å². The number of aromatic nitrogens is 1. The first-order chi connectivity index (χ1) is 13.9. The minimum atomic E-state index is -1.16. The Morgan fingerprint density at radius 3 is 2.69 bits per heavy atom. The van der Waals surface area contributed by atoms with Gasteiger partial charge < -0.3 is 26.2 Å². The maximum absolute atomic E-state index is 14.6. The van der Waals surface area contributed by atoms with E-state index in [0.29, 0.717) is 6.21 Å². The van der Waals surface area contributed by atoms with Crippen molar-refractivity contribution in [3.63, 3.8) is 0 Å². The Labute approximate surface area is 163 Å². The predicted octanol–water partition coefficient (Wildman–Crippen LogP) is 3.24. The van der Waals surface area contributed by atoms with Crippen LogP contribution in [0.3, 0.4) is 0 Å². The summed E-state index contributed by atoms with van der Waals surface area (Å²) in [5, 5.41) is 20.4. The van der Waals surface area contributed by atoms with Gasteiger partial charge in [-0.15, -0.1) is 0 Å². The molecule has 3 rings (SSSR count). The Morgan fingerprint density at radius 2 is 2.07 bits per heavy atom. The number of nitrogen functional groups attached to an aromatic ring is 1. The first-order valence-corrected chi connectivity index (χ1v) is 8.26. The third-order valence-electron chi connectivity index (χ3n) is 4.17. The van der Waals surface area contributed by atoms with Crippen molar-refractivity contribution >= 4 is 34.9 Å². The first-order valence-electron chi connectivity index (χ1n) is 8.26. The number of amides is 1. The summed E-state index contributed by atoms with van der Waals surface area (Å²) in [7, 11) is 1.45. The van der Waals surface area contributed by atoms with Crippen molar-refractivity contribution in [1.82, 2.24) is 4.98 Å². The molecule has 6 N–H and O–H groups in total. The van der Waals surface area contributed by atoms with Gasteiger partial charge in [0.25, 0.3) is 5.91 Å². The van der Waals surface area contributed by atoms with Gasteiger partial charge in [0.05, 0.1) is 11.3 Å². The quantitative estimate of drug-likeness (QED) is 0.320. The summed E-state index contributed by atoms with van der Waals surface area (Å²) in [4.78, 5) is 16.4. The molecule has 29 heavy (non-hydrogen) atoms. The smallest absolute Gasteiger partial charge is 0.261 e. The van der Waals surface area contributed by atoms with Gasteiger partial charge in [0.1, 0.15) is 29.2 Å². The van der Waals surface area contributed by atoms with Crippen molar-refractivity contribution in [2.24, 2.45) is 0 Å². The van der Waals surface area contributed by atoms with Gasteiger partial charge in [-0.1, -0.05) is 0 Å². The van der Waals surface area contributed by atoms with Gasteiger partial charge in [-0.25, -0.2) is 13.8 Å². The normalized spacial score (nSPS) is 10.4. The summed E-state index contributed by atoms with van der Waals surface area (Å²) in [5.41, 5.74) is 5.72. The Kier molecular flexibility index (Phi) is 5.35. The second-order valence-corrected chi connectivity index (χ2v) is 5.91. The van der Waals surface area contributed by atoms with Crippen LogP contribution in [-0.2, 0) is 0 Å². The summed E-state index contributed by atoms with van der Waals surface area (Å²) < 4.78 is 33.8. The van der Waals surface area contributed by atoms with Crippen molar-refractivity contribution in [1.29, 1.82) is 10.8 Å². The highest BCUT2D eigenvalue weighted by atomic mass is 19.1. The average Bonchev–Trinajstić information content (AvgIpc) is 3.23. The Bertz CT molecular complexity index is 1110. The van der Waals surface area contributed by atoms with Crippen LogP contribution in [0.4, 0.5) is 25.8 Å². The fourth-order valence-corrected chi connectivity index (χ4v) is 2.71. The zero-order valence-corrected chi connectivity index (χ0v) is 15.1. The van der Waals surface area contributed by atoms with Crippen molar-refractivity contribution in [2.45, 2.75) is 0 Å². The van der Waals surface area contributed by atoms with Gasteiger partial charge in [0.15, 0.2) is 6.39 Å². The Balaban J connectivity index is 1.95. The molecule has 0 aliphatic carbocycles. The highest BCUT2D eigenvalue weighted by molar-refractivity contribution is 6.14. The van der Waals surface area contributed by atoms with Gasteiger partial charge in [0, 0.05) is 35.9 Å². The van der Waals surface area contributed by atoms with E-state index in [9.17, 15) is 13.6 Å². The number of hydrogen-bond acceptors (Lipinski definition) is 7. The molecular weight excluding hydrogens is 382 g/mol. The van der Waals surface area contributed by atoms with Gasteiger partial charge in [-0.05, 0) is 24.3 Å². The number of carbonyl (C=O) groups is 1. The summed E-state index contributed by atoms with van der Waals surface area (Å²) in [6.45, 7) is 0. The maximum Gasteiger partial charge on any atom is 0.261 e. The van der Waals surface area contributed by atoms with E-state index in [1.165, 1.54) is 31.5 Å². The van der Waals surface area contributed by atoms with E-state index in [-0.39, 0.29) is 39.6 Å². The minimum Gasteiger partial charge on any atom is -0.451 e. The second-order valence-electron chi connectivity index (χ2n) is 5.91. The summed E-state index contributed by atoms with van der Waals surface area (Å²) >= 11 is 0. The summed E-state index contributed by atoms with van der Waals surface area (Å²) in [6, 6.07) is 5.20. The zero-order chi connectivity index (χ0) is 21.1. The van der Waals surface area contributed by atoms with Crippen LogP contribution in [0.15, 0.2) is 41.3 Å². The van der Waals surface area contributed by atoms with E-state index in [2.05, 4.69) is 15.6 Å². The molecule has 1 aromatic heterocycles. The number of nitrogens with one attached hydrogen (secondary N) is 4. The van der Waals surface area contributed by atoms with Crippen LogP contribution in [0.5, 0.6) is 0 Å². The topological polar surface area (TPSA) is 141 Å². The molecule has 8 nitrogen and oxygen atoms in total. The largest absolute Gasteiger partial charge is 0.451 e. The molecule has 0 saturated heterocycles. The molecule has 10 heteroatoms. The Hall–Kier alpha value is -4.08. The molecule has 1 amide bonds. The highest BCUT2D eigenvalue weighted by Crippen LogP contribution is 2.26. The lowest BCUT2D eigenvalue weighted by atomic mass is 10.0. The summed E-state index contributed by atoms with van der Waals surface area (Å²) in [5.74, 6) is -3.29. The lowest BCUT2D eigenvalue weighted by Gasteiger charge is -2.13. The number of benzene rings is 2. The van der Waals surface area contributed by atoms with Gasteiger partial charge in [-0.3, -0.25) is 10.2 Å². The molecule has 0 bridgehead atoms. The number of hydrogen-bond donors (Lipinski definition) is 5. The lowest BCUT2D eigenvalue weighted by molar-refractivity contribution is 0.101. The highest BCUT2D eigenvalue weighted by Gasteiger charge is 2.23. The fourth-order valence-electron chi connectivity index (χ4n) is 2.71.